The predicted molar refractivity (Wildman–Crippen MR) is 59.1 cm³/mol. The average Bonchev–Trinajstić information content (AvgIpc) is 2.14. The molecule has 3 nitrogen and oxygen atoms in total. The topological polar surface area (TPSA) is 38.5 Å². The molecule has 1 heterocycles. The molecule has 0 amide bonds. The fourth-order valence-corrected chi connectivity index (χ4v) is 1.64. The van der Waals surface area contributed by atoms with Crippen molar-refractivity contribution in [1.82, 2.24) is 4.90 Å². The van der Waals surface area contributed by atoms with E-state index in [2.05, 4.69) is 25.7 Å². The van der Waals surface area contributed by atoms with Gasteiger partial charge in [0.25, 0.3) is 0 Å². The zero-order valence-electron chi connectivity index (χ0n) is 9.75. The predicted octanol–water partition coefficient (Wildman–Crippen LogP) is 1.43. The van der Waals surface area contributed by atoms with Crippen LogP contribution in [0.4, 0.5) is 0 Å². The third-order valence-corrected chi connectivity index (χ3v) is 2.72. The summed E-state index contributed by atoms with van der Waals surface area (Å²) in [5.74, 6) is 0.737. The van der Waals surface area contributed by atoms with Crippen molar-refractivity contribution in [3.05, 3.63) is 0 Å². The summed E-state index contributed by atoms with van der Waals surface area (Å²) in [6, 6.07) is 0. The second kappa shape index (κ2) is 5.10. The van der Waals surface area contributed by atoms with Crippen LogP contribution in [0.3, 0.4) is 0 Å². The van der Waals surface area contributed by atoms with Crippen molar-refractivity contribution < 1.29 is 4.74 Å². The van der Waals surface area contributed by atoms with Crippen LogP contribution < -0.4 is 5.73 Å². The monoisotopic (exact) mass is 200 g/mol. The minimum Gasteiger partial charge on any atom is -0.360 e. The van der Waals surface area contributed by atoms with Gasteiger partial charge in [0, 0.05) is 13.1 Å². The van der Waals surface area contributed by atoms with Gasteiger partial charge < -0.3 is 10.5 Å². The third-order valence-electron chi connectivity index (χ3n) is 2.72. The smallest absolute Gasteiger partial charge is 0.0997 e. The molecule has 0 aromatic rings. The van der Waals surface area contributed by atoms with Crippen molar-refractivity contribution in [2.24, 2.45) is 11.7 Å². The van der Waals surface area contributed by atoms with E-state index in [4.69, 9.17) is 10.5 Å². The van der Waals surface area contributed by atoms with Gasteiger partial charge in [-0.3, -0.25) is 4.90 Å². The molecule has 1 fully saturated rings. The highest BCUT2D eigenvalue weighted by atomic mass is 16.5. The van der Waals surface area contributed by atoms with E-state index in [0.717, 1.165) is 32.3 Å². The Balaban J connectivity index is 2.16. The molecular formula is C11H24N2O. The lowest BCUT2D eigenvalue weighted by molar-refractivity contribution is -0.0708. The zero-order valence-corrected chi connectivity index (χ0v) is 9.75. The molecule has 3 heteroatoms. The lowest BCUT2D eigenvalue weighted by Crippen LogP contribution is -2.39. The van der Waals surface area contributed by atoms with Crippen LogP contribution in [0, 0.1) is 5.92 Å². The van der Waals surface area contributed by atoms with Gasteiger partial charge in [-0.1, -0.05) is 0 Å². The molecule has 0 saturated carbocycles. The first kappa shape index (κ1) is 12.0. The van der Waals surface area contributed by atoms with Gasteiger partial charge in [-0.15, -0.1) is 0 Å². The Hall–Kier alpha value is -0.120. The van der Waals surface area contributed by atoms with E-state index in [1.54, 1.807) is 0 Å². The lowest BCUT2D eigenvalue weighted by Gasteiger charge is -2.33. The molecule has 0 radical (unpaired) electrons. The third kappa shape index (κ3) is 4.40. The molecule has 2 N–H and O–H groups in total. The van der Waals surface area contributed by atoms with Gasteiger partial charge in [0.15, 0.2) is 0 Å². The molecule has 0 spiro atoms. The minimum atomic E-state index is -0.0231. The van der Waals surface area contributed by atoms with E-state index in [9.17, 15) is 0 Å². The molecule has 1 aliphatic heterocycles. The zero-order chi connectivity index (χ0) is 10.6. The van der Waals surface area contributed by atoms with Crippen LogP contribution in [-0.4, -0.2) is 36.9 Å². The fourth-order valence-electron chi connectivity index (χ4n) is 1.64. The Morgan fingerprint density at radius 1 is 1.29 bits per heavy atom. The molecule has 1 saturated heterocycles. The number of ether oxygens (including phenoxy) is 1. The van der Waals surface area contributed by atoms with Crippen LogP contribution >= 0.6 is 0 Å². The summed E-state index contributed by atoms with van der Waals surface area (Å²) in [5.41, 5.74) is 5.62. The molecule has 0 aliphatic carbocycles. The first-order valence-corrected chi connectivity index (χ1v) is 5.57. The summed E-state index contributed by atoms with van der Waals surface area (Å²) < 4.78 is 5.73. The number of hydrogen-bond donors (Lipinski definition) is 1. The van der Waals surface area contributed by atoms with Crippen LogP contribution in [0.15, 0.2) is 0 Å². The molecule has 1 aliphatic rings. The highest BCUT2D eigenvalue weighted by molar-refractivity contribution is 4.71. The van der Waals surface area contributed by atoms with Crippen molar-refractivity contribution in [1.29, 1.82) is 0 Å². The number of piperidine rings is 1. The van der Waals surface area contributed by atoms with Crippen LogP contribution in [-0.2, 0) is 4.74 Å². The van der Waals surface area contributed by atoms with Gasteiger partial charge in [0.1, 0.15) is 0 Å². The standard InChI is InChI=1S/C11H24N2O/c1-11(2,3)14-9-13-6-4-10(8-12)5-7-13/h10H,4-9,12H2,1-3H3. The molecule has 0 atom stereocenters. The van der Waals surface area contributed by atoms with Crippen molar-refractivity contribution in [3.63, 3.8) is 0 Å². The SMILES string of the molecule is CC(C)(C)OCN1CCC(CN)CC1. The summed E-state index contributed by atoms with van der Waals surface area (Å²) in [6.45, 7) is 10.2. The summed E-state index contributed by atoms with van der Waals surface area (Å²) >= 11 is 0. The Morgan fingerprint density at radius 2 is 1.86 bits per heavy atom. The van der Waals surface area contributed by atoms with Gasteiger partial charge in [0.2, 0.25) is 0 Å². The van der Waals surface area contributed by atoms with E-state index in [0.29, 0.717) is 0 Å². The Morgan fingerprint density at radius 3 is 2.29 bits per heavy atom. The van der Waals surface area contributed by atoms with Crippen LogP contribution in [0.5, 0.6) is 0 Å². The van der Waals surface area contributed by atoms with Crippen LogP contribution in [0.1, 0.15) is 33.6 Å². The van der Waals surface area contributed by atoms with Gasteiger partial charge in [-0.05, 0) is 46.1 Å². The van der Waals surface area contributed by atoms with Gasteiger partial charge in [-0.25, -0.2) is 0 Å². The summed E-state index contributed by atoms with van der Waals surface area (Å²) in [5, 5.41) is 0. The highest BCUT2D eigenvalue weighted by Gasteiger charge is 2.19. The lowest BCUT2D eigenvalue weighted by atomic mass is 9.98. The van der Waals surface area contributed by atoms with E-state index < -0.39 is 0 Å². The van der Waals surface area contributed by atoms with Crippen molar-refractivity contribution in [3.8, 4) is 0 Å². The van der Waals surface area contributed by atoms with E-state index in [1.807, 2.05) is 0 Å². The number of likely N-dealkylation sites (tertiary alicyclic amines) is 1. The summed E-state index contributed by atoms with van der Waals surface area (Å²) in [7, 11) is 0. The van der Waals surface area contributed by atoms with E-state index in [1.165, 1.54) is 12.8 Å². The molecule has 84 valence electrons. The number of nitrogens with two attached hydrogens (primary N) is 1. The molecule has 0 aromatic carbocycles. The molecule has 1 rings (SSSR count). The molecule has 14 heavy (non-hydrogen) atoms. The Bertz CT molecular complexity index is 157. The Kier molecular flexibility index (Phi) is 4.35. The van der Waals surface area contributed by atoms with Crippen molar-refractivity contribution in [2.45, 2.75) is 39.2 Å². The fraction of sp³-hybridized carbons (Fsp3) is 1.00. The maximum atomic E-state index is 5.73. The molecular weight excluding hydrogens is 176 g/mol. The van der Waals surface area contributed by atoms with Crippen molar-refractivity contribution in [2.75, 3.05) is 26.4 Å². The quantitative estimate of drug-likeness (QED) is 0.749. The maximum Gasteiger partial charge on any atom is 0.0997 e. The van der Waals surface area contributed by atoms with Gasteiger partial charge in [-0.2, -0.15) is 0 Å². The maximum absolute atomic E-state index is 5.73. The molecule has 0 unspecified atom stereocenters. The van der Waals surface area contributed by atoms with E-state index >= 15 is 0 Å². The summed E-state index contributed by atoms with van der Waals surface area (Å²) in [6.07, 6.45) is 2.45. The van der Waals surface area contributed by atoms with Crippen molar-refractivity contribution >= 4 is 0 Å². The van der Waals surface area contributed by atoms with Gasteiger partial charge >= 0.3 is 0 Å². The van der Waals surface area contributed by atoms with Crippen LogP contribution in [0.25, 0.3) is 0 Å². The first-order chi connectivity index (χ1) is 6.51. The number of rotatable bonds is 3. The normalized spacial score (nSPS) is 21.4. The summed E-state index contributed by atoms with van der Waals surface area (Å²) in [4.78, 5) is 2.37. The van der Waals surface area contributed by atoms with Crippen LogP contribution in [0.2, 0.25) is 0 Å². The Labute approximate surface area is 87.6 Å². The second-order valence-corrected chi connectivity index (χ2v) is 5.18. The first-order valence-electron chi connectivity index (χ1n) is 5.57. The number of hydrogen-bond acceptors (Lipinski definition) is 3. The molecule has 0 bridgehead atoms. The average molecular weight is 200 g/mol. The molecule has 0 aromatic heterocycles. The second-order valence-electron chi connectivity index (χ2n) is 5.18. The number of nitrogens with zero attached hydrogens (tertiary/aromatic N) is 1. The van der Waals surface area contributed by atoms with E-state index in [-0.39, 0.29) is 5.60 Å². The van der Waals surface area contributed by atoms with Gasteiger partial charge in [0.05, 0.1) is 12.3 Å². The highest BCUT2D eigenvalue weighted by Crippen LogP contribution is 2.16. The largest absolute Gasteiger partial charge is 0.360 e. The minimum absolute atomic E-state index is 0.0231.